The van der Waals surface area contributed by atoms with Crippen molar-refractivity contribution in [2.45, 2.75) is 6.92 Å². The highest BCUT2D eigenvalue weighted by molar-refractivity contribution is 5.92. The van der Waals surface area contributed by atoms with E-state index in [0.717, 1.165) is 22.6 Å². The van der Waals surface area contributed by atoms with E-state index in [-0.39, 0.29) is 5.91 Å². The summed E-state index contributed by atoms with van der Waals surface area (Å²) in [5, 5.41) is 8.66. The number of piperazine rings is 1. The first-order valence-corrected chi connectivity index (χ1v) is 10.3. The number of para-hydroxylation sites is 1. The van der Waals surface area contributed by atoms with Gasteiger partial charge in [0.25, 0.3) is 5.91 Å². The molecule has 1 saturated heterocycles. The lowest BCUT2D eigenvalue weighted by Gasteiger charge is -2.36. The van der Waals surface area contributed by atoms with Crippen molar-refractivity contribution in [2.24, 2.45) is 0 Å². The zero-order valence-corrected chi connectivity index (χ0v) is 17.5. The maximum Gasteiger partial charge on any atom is 0.267 e. The van der Waals surface area contributed by atoms with Crippen molar-refractivity contribution < 1.29 is 19.5 Å². The average Bonchev–Trinajstić information content (AvgIpc) is 2.82. The number of carbonyl (C=O) groups is 2. The summed E-state index contributed by atoms with van der Waals surface area (Å²) in [6.45, 7) is 5.14. The first kappa shape index (κ1) is 22.1. The van der Waals surface area contributed by atoms with Gasteiger partial charge in [0.2, 0.25) is 5.91 Å². The van der Waals surface area contributed by atoms with E-state index in [1.165, 1.54) is 6.08 Å². The fraction of sp³-hybridized carbons (Fsp3) is 0.250. The number of hydrogen-bond acceptors (Lipinski definition) is 5. The van der Waals surface area contributed by atoms with E-state index in [9.17, 15) is 9.59 Å². The summed E-state index contributed by atoms with van der Waals surface area (Å²) in [6, 6.07) is 15.4. The van der Waals surface area contributed by atoms with Crippen LogP contribution in [-0.2, 0) is 9.59 Å². The molecule has 0 spiro atoms. The van der Waals surface area contributed by atoms with Gasteiger partial charge in [-0.2, -0.15) is 0 Å². The molecule has 162 valence electrons. The van der Waals surface area contributed by atoms with Crippen LogP contribution in [0.5, 0.6) is 5.75 Å². The van der Waals surface area contributed by atoms with Gasteiger partial charge in [0.15, 0.2) is 0 Å². The van der Waals surface area contributed by atoms with Crippen LogP contribution in [0.3, 0.4) is 0 Å². The number of ether oxygens (including phenoxy) is 1. The summed E-state index contributed by atoms with van der Waals surface area (Å²) in [5.41, 5.74) is 4.37. The Morgan fingerprint density at radius 2 is 1.81 bits per heavy atom. The minimum atomic E-state index is -0.580. The molecule has 2 aromatic rings. The predicted octanol–water partition coefficient (Wildman–Crippen LogP) is 2.97. The van der Waals surface area contributed by atoms with E-state index >= 15 is 0 Å². The van der Waals surface area contributed by atoms with Gasteiger partial charge in [0.05, 0.1) is 6.61 Å². The second kappa shape index (κ2) is 11.0. The van der Waals surface area contributed by atoms with Crippen molar-refractivity contribution >= 4 is 29.7 Å². The minimum absolute atomic E-state index is 0.0192. The second-order valence-corrected chi connectivity index (χ2v) is 7.02. The van der Waals surface area contributed by atoms with E-state index in [0.29, 0.717) is 32.8 Å². The summed E-state index contributed by atoms with van der Waals surface area (Å²) in [5.74, 6) is 0.188. The first-order chi connectivity index (χ1) is 15.1. The van der Waals surface area contributed by atoms with Crippen molar-refractivity contribution in [3.63, 3.8) is 0 Å². The molecular weight excluding hydrogens is 394 g/mol. The molecule has 2 amide bonds. The maximum absolute atomic E-state index is 12.6. The molecule has 0 saturated carbocycles. The standard InChI is InChI=1S/C24H27N3O4/c1-2-31-21-8-5-6-19(18-21)10-13-24(29)27-16-14-26(15-17-27)22-9-4-3-7-20(22)11-12-23(28)25-30/h3-13,18,30H,2,14-17H2,1H3,(H,25,28). The lowest BCUT2D eigenvalue weighted by Crippen LogP contribution is -2.48. The van der Waals surface area contributed by atoms with Crippen LogP contribution in [-0.4, -0.2) is 54.7 Å². The van der Waals surface area contributed by atoms with E-state index in [2.05, 4.69) is 4.90 Å². The van der Waals surface area contributed by atoms with Gasteiger partial charge in [-0.25, -0.2) is 5.48 Å². The van der Waals surface area contributed by atoms with Gasteiger partial charge in [-0.15, -0.1) is 0 Å². The van der Waals surface area contributed by atoms with E-state index in [1.807, 2.05) is 66.4 Å². The molecule has 3 rings (SSSR count). The van der Waals surface area contributed by atoms with Crippen molar-refractivity contribution in [3.05, 3.63) is 71.8 Å². The van der Waals surface area contributed by atoms with Crippen molar-refractivity contribution in [1.29, 1.82) is 0 Å². The Hall–Kier alpha value is -3.58. The summed E-state index contributed by atoms with van der Waals surface area (Å²) in [6.07, 6.45) is 6.36. The Kier molecular flexibility index (Phi) is 7.84. The molecule has 0 aliphatic carbocycles. The third kappa shape index (κ3) is 6.20. The lowest BCUT2D eigenvalue weighted by atomic mass is 10.1. The smallest absolute Gasteiger partial charge is 0.267 e. The molecule has 0 aromatic heterocycles. The van der Waals surface area contributed by atoms with Crippen LogP contribution >= 0.6 is 0 Å². The number of benzene rings is 2. The third-order valence-electron chi connectivity index (χ3n) is 4.98. The Morgan fingerprint density at radius 1 is 1.03 bits per heavy atom. The van der Waals surface area contributed by atoms with E-state index in [4.69, 9.17) is 9.94 Å². The Labute approximate surface area is 182 Å². The maximum atomic E-state index is 12.6. The van der Waals surface area contributed by atoms with Crippen molar-refractivity contribution in [1.82, 2.24) is 10.4 Å². The third-order valence-corrected chi connectivity index (χ3v) is 4.98. The fourth-order valence-electron chi connectivity index (χ4n) is 3.43. The van der Waals surface area contributed by atoms with E-state index in [1.54, 1.807) is 17.6 Å². The Bertz CT molecular complexity index is 963. The quantitative estimate of drug-likeness (QED) is 0.408. The second-order valence-electron chi connectivity index (χ2n) is 7.02. The van der Waals surface area contributed by atoms with Crippen LogP contribution in [0.15, 0.2) is 60.7 Å². The lowest BCUT2D eigenvalue weighted by molar-refractivity contribution is -0.126. The van der Waals surface area contributed by atoms with Gasteiger partial charge in [0.1, 0.15) is 5.75 Å². The summed E-state index contributed by atoms with van der Waals surface area (Å²) in [4.78, 5) is 27.9. The Balaban J connectivity index is 1.60. The zero-order valence-electron chi connectivity index (χ0n) is 17.5. The zero-order chi connectivity index (χ0) is 22.1. The fourth-order valence-corrected chi connectivity index (χ4v) is 3.43. The van der Waals surface area contributed by atoms with Crippen LogP contribution in [0.4, 0.5) is 5.69 Å². The van der Waals surface area contributed by atoms with Crippen LogP contribution < -0.4 is 15.1 Å². The highest BCUT2D eigenvalue weighted by atomic mass is 16.5. The number of hydroxylamine groups is 1. The van der Waals surface area contributed by atoms with E-state index < -0.39 is 5.91 Å². The highest BCUT2D eigenvalue weighted by Gasteiger charge is 2.21. The monoisotopic (exact) mass is 421 g/mol. The van der Waals surface area contributed by atoms with Gasteiger partial charge in [-0.1, -0.05) is 30.3 Å². The summed E-state index contributed by atoms with van der Waals surface area (Å²) >= 11 is 0. The molecule has 0 unspecified atom stereocenters. The number of amides is 2. The number of nitrogens with one attached hydrogen (secondary N) is 1. The van der Waals surface area contributed by atoms with Crippen molar-refractivity contribution in [3.8, 4) is 5.75 Å². The molecular formula is C24H27N3O4. The van der Waals surface area contributed by atoms with Gasteiger partial charge >= 0.3 is 0 Å². The normalized spacial score (nSPS) is 14.3. The SMILES string of the molecule is CCOc1cccc(C=CC(=O)N2CCN(c3ccccc3C=CC(=O)NO)CC2)c1. The van der Waals surface area contributed by atoms with Gasteiger partial charge < -0.3 is 14.5 Å². The summed E-state index contributed by atoms with van der Waals surface area (Å²) < 4.78 is 5.50. The summed E-state index contributed by atoms with van der Waals surface area (Å²) in [7, 11) is 0. The van der Waals surface area contributed by atoms with Crippen LogP contribution in [0.25, 0.3) is 12.2 Å². The molecule has 2 N–H and O–H groups in total. The van der Waals surface area contributed by atoms with Crippen LogP contribution in [0, 0.1) is 0 Å². The molecule has 1 aliphatic rings. The van der Waals surface area contributed by atoms with Crippen molar-refractivity contribution in [2.75, 3.05) is 37.7 Å². The molecule has 1 heterocycles. The molecule has 1 aliphatic heterocycles. The molecule has 0 bridgehead atoms. The average molecular weight is 421 g/mol. The predicted molar refractivity (Wildman–Crippen MR) is 121 cm³/mol. The molecule has 31 heavy (non-hydrogen) atoms. The largest absolute Gasteiger partial charge is 0.494 e. The molecule has 1 fully saturated rings. The minimum Gasteiger partial charge on any atom is -0.494 e. The molecule has 2 aromatic carbocycles. The van der Waals surface area contributed by atoms with Crippen LogP contribution in [0.1, 0.15) is 18.1 Å². The number of anilines is 1. The van der Waals surface area contributed by atoms with Gasteiger partial charge in [-0.3, -0.25) is 14.8 Å². The number of rotatable bonds is 7. The number of carbonyl (C=O) groups excluding carboxylic acids is 2. The molecule has 7 heteroatoms. The van der Waals surface area contributed by atoms with Gasteiger partial charge in [0, 0.05) is 44.0 Å². The highest BCUT2D eigenvalue weighted by Crippen LogP contribution is 2.23. The molecule has 0 atom stereocenters. The number of hydrogen-bond donors (Lipinski definition) is 2. The molecule has 7 nitrogen and oxygen atoms in total. The van der Waals surface area contributed by atoms with Gasteiger partial charge in [-0.05, 0) is 48.4 Å². The van der Waals surface area contributed by atoms with Crippen LogP contribution in [0.2, 0.25) is 0 Å². The topological polar surface area (TPSA) is 82.1 Å². The first-order valence-electron chi connectivity index (χ1n) is 10.3. The molecule has 0 radical (unpaired) electrons. The Morgan fingerprint density at radius 3 is 2.55 bits per heavy atom. The number of nitrogens with zero attached hydrogens (tertiary/aromatic N) is 2.